The Hall–Kier alpha value is -6.76. The Bertz CT molecular complexity index is 3520. The molecule has 68 heavy (non-hydrogen) atoms. The summed E-state index contributed by atoms with van der Waals surface area (Å²) in [6.07, 6.45) is 0. The molecular weight excluding hydrogens is 938 g/mol. The number of halogens is 3. The van der Waals surface area contributed by atoms with E-state index in [0.29, 0.717) is 5.46 Å². The summed E-state index contributed by atoms with van der Waals surface area (Å²) in [6, 6.07) is 80.7. The van der Waals surface area contributed by atoms with Crippen molar-refractivity contribution in [3.63, 3.8) is 0 Å². The van der Waals surface area contributed by atoms with Crippen LogP contribution in [0.4, 0.5) is 0 Å². The van der Waals surface area contributed by atoms with E-state index in [0.717, 1.165) is 14.5 Å². The summed E-state index contributed by atoms with van der Waals surface area (Å²) in [4.78, 5) is 0. The van der Waals surface area contributed by atoms with E-state index in [1.54, 1.807) is 24.3 Å². The maximum atomic E-state index is 8.58. The van der Waals surface area contributed by atoms with Gasteiger partial charge >= 0.3 is 7.12 Å². The summed E-state index contributed by atoms with van der Waals surface area (Å²) in [7, 11) is -1.34. The first-order valence-electron chi connectivity index (χ1n) is 22.7. The van der Waals surface area contributed by atoms with Crippen molar-refractivity contribution in [2.45, 2.75) is 10.8 Å². The zero-order chi connectivity index (χ0) is 46.1. The van der Waals surface area contributed by atoms with Crippen LogP contribution >= 0.6 is 39.1 Å². The van der Waals surface area contributed by atoms with Crippen LogP contribution < -0.4 is 5.46 Å². The van der Waals surface area contributed by atoms with Crippen LogP contribution in [-0.2, 0) is 10.8 Å². The standard InChI is InChI=1S/C31H19Cl.C25H14BrCl.C6H7BO2/c32-21-17-18-25-29(19-21)31(26-14-6-4-11-23(26)24-12-5-7-15-27(24)31)28-16-8-13-22(30(25)28)20-9-2-1-3-10-20;26-23-11-5-10-21-24(23)18-13-12-15(27)14-22(18)25(21)19-8-3-1-6-16(19)17-7-2-4-9-20(17)25;8-7(9)6-4-2-1-3-5-6/h1-19H;1-14H;1-5,8-9H. The van der Waals surface area contributed by atoms with Gasteiger partial charge in [0.15, 0.2) is 0 Å². The topological polar surface area (TPSA) is 40.5 Å². The Morgan fingerprint density at radius 3 is 1.15 bits per heavy atom. The normalized spacial score (nSPS) is 13.6. The van der Waals surface area contributed by atoms with Gasteiger partial charge in [-0.2, -0.15) is 0 Å². The minimum Gasteiger partial charge on any atom is -0.423 e. The second-order valence-electron chi connectivity index (χ2n) is 17.6. The van der Waals surface area contributed by atoms with E-state index in [2.05, 4.69) is 204 Å². The lowest BCUT2D eigenvalue weighted by molar-refractivity contribution is 0.426. The quantitative estimate of drug-likeness (QED) is 0.170. The second kappa shape index (κ2) is 16.8. The van der Waals surface area contributed by atoms with Crippen molar-refractivity contribution in [3.05, 3.63) is 290 Å². The van der Waals surface area contributed by atoms with Gasteiger partial charge in [-0.1, -0.05) is 239 Å². The summed E-state index contributed by atoms with van der Waals surface area (Å²) in [5.74, 6) is 0. The van der Waals surface area contributed by atoms with Gasteiger partial charge in [-0.25, -0.2) is 0 Å². The van der Waals surface area contributed by atoms with Gasteiger partial charge in [-0.15, -0.1) is 0 Å². The third-order valence-corrected chi connectivity index (χ3v) is 15.4. The van der Waals surface area contributed by atoms with Gasteiger partial charge in [-0.05, 0) is 130 Å². The fourth-order valence-corrected chi connectivity index (χ4v) is 12.7. The molecule has 0 saturated heterocycles. The molecule has 10 aromatic rings. The van der Waals surface area contributed by atoms with E-state index in [9.17, 15) is 0 Å². The highest BCUT2D eigenvalue weighted by Gasteiger charge is 2.53. The molecule has 0 amide bonds. The van der Waals surface area contributed by atoms with Gasteiger partial charge in [0.1, 0.15) is 0 Å². The van der Waals surface area contributed by atoms with Crippen LogP contribution in [0.1, 0.15) is 44.5 Å². The first kappa shape index (κ1) is 42.6. The number of hydrogen-bond acceptors (Lipinski definition) is 2. The average Bonchev–Trinajstić information content (AvgIpc) is 4.06. The highest BCUT2D eigenvalue weighted by atomic mass is 79.9. The molecule has 4 aliphatic rings. The Morgan fingerprint density at radius 2 is 0.691 bits per heavy atom. The maximum absolute atomic E-state index is 8.58. The van der Waals surface area contributed by atoms with E-state index < -0.39 is 7.12 Å². The number of rotatable bonds is 2. The van der Waals surface area contributed by atoms with Crippen LogP contribution in [0.5, 0.6) is 0 Å². The summed E-state index contributed by atoms with van der Waals surface area (Å²) in [5.41, 5.74) is 23.3. The second-order valence-corrected chi connectivity index (χ2v) is 19.3. The van der Waals surface area contributed by atoms with Crippen LogP contribution in [0.3, 0.4) is 0 Å². The zero-order valence-electron chi connectivity index (χ0n) is 36.5. The molecule has 0 radical (unpaired) electrons. The van der Waals surface area contributed by atoms with E-state index in [1.165, 1.54) is 100 Å². The molecule has 324 valence electrons. The molecule has 6 heteroatoms. The molecule has 0 heterocycles. The Labute approximate surface area is 415 Å². The molecule has 0 aromatic heterocycles. The van der Waals surface area contributed by atoms with Crippen molar-refractivity contribution < 1.29 is 10.0 Å². The molecule has 2 N–H and O–H groups in total. The molecule has 0 fully saturated rings. The van der Waals surface area contributed by atoms with Gasteiger partial charge in [0.2, 0.25) is 0 Å². The Kier molecular flexibility index (Phi) is 10.5. The number of fused-ring (bicyclic) bond motifs is 20. The molecular formula is C62H40BBrCl2O2. The lowest BCUT2D eigenvalue weighted by Crippen LogP contribution is -2.29. The first-order valence-corrected chi connectivity index (χ1v) is 24.3. The molecule has 2 spiro atoms. The molecule has 0 atom stereocenters. The molecule has 14 rings (SSSR count). The average molecular weight is 979 g/mol. The highest BCUT2D eigenvalue weighted by Crippen LogP contribution is 2.65. The van der Waals surface area contributed by atoms with E-state index in [1.807, 2.05) is 18.2 Å². The molecule has 0 unspecified atom stereocenters. The molecule has 4 aliphatic carbocycles. The van der Waals surface area contributed by atoms with Gasteiger partial charge in [-0.3, -0.25) is 0 Å². The SMILES string of the molecule is Clc1ccc2c(c1)C1(c3ccccc3-c3ccccc31)c1cccc(-c3ccccc3)c1-2.Clc1ccc2c(c1)C1(c3ccccc3-c3ccccc31)c1cccc(Br)c1-2.OB(O)c1ccccc1. The molecule has 0 aliphatic heterocycles. The zero-order valence-corrected chi connectivity index (χ0v) is 39.6. The number of hydrogen-bond donors (Lipinski definition) is 2. The fourth-order valence-electron chi connectivity index (χ4n) is 11.8. The predicted molar refractivity (Wildman–Crippen MR) is 285 cm³/mol. The lowest BCUT2D eigenvalue weighted by atomic mass is 9.70. The van der Waals surface area contributed by atoms with Crippen LogP contribution in [-0.4, -0.2) is 17.2 Å². The third kappa shape index (κ3) is 6.26. The monoisotopic (exact) mass is 976 g/mol. The summed E-state index contributed by atoms with van der Waals surface area (Å²) in [6.45, 7) is 0. The van der Waals surface area contributed by atoms with Gasteiger partial charge in [0, 0.05) is 20.1 Å². The van der Waals surface area contributed by atoms with Gasteiger partial charge in [0.05, 0.1) is 10.8 Å². The van der Waals surface area contributed by atoms with Crippen molar-refractivity contribution >= 4 is 51.7 Å². The summed E-state index contributed by atoms with van der Waals surface area (Å²) in [5, 5.41) is 18.7. The van der Waals surface area contributed by atoms with E-state index >= 15 is 0 Å². The van der Waals surface area contributed by atoms with Crippen LogP contribution in [0.25, 0.3) is 55.6 Å². The Morgan fingerprint density at radius 1 is 0.324 bits per heavy atom. The molecule has 0 bridgehead atoms. The van der Waals surface area contributed by atoms with Crippen molar-refractivity contribution in [2.75, 3.05) is 0 Å². The minimum absolute atomic E-state index is 0.313. The van der Waals surface area contributed by atoms with Gasteiger partial charge in [0.25, 0.3) is 0 Å². The fraction of sp³-hybridized carbons (Fsp3) is 0.0323. The van der Waals surface area contributed by atoms with Crippen molar-refractivity contribution in [1.29, 1.82) is 0 Å². The van der Waals surface area contributed by atoms with Crippen LogP contribution in [0.15, 0.2) is 235 Å². The third-order valence-electron chi connectivity index (χ3n) is 14.3. The summed E-state index contributed by atoms with van der Waals surface area (Å²) < 4.78 is 1.13. The Balaban J connectivity index is 0.000000121. The molecule has 10 aromatic carbocycles. The van der Waals surface area contributed by atoms with Crippen LogP contribution in [0.2, 0.25) is 10.0 Å². The molecule has 0 saturated carbocycles. The highest BCUT2D eigenvalue weighted by molar-refractivity contribution is 9.10. The van der Waals surface area contributed by atoms with Crippen LogP contribution in [0, 0.1) is 0 Å². The predicted octanol–water partition coefficient (Wildman–Crippen LogP) is 15.2. The maximum Gasteiger partial charge on any atom is 0.488 e. The van der Waals surface area contributed by atoms with E-state index in [4.69, 9.17) is 33.2 Å². The summed E-state index contributed by atoms with van der Waals surface area (Å²) >= 11 is 17.0. The van der Waals surface area contributed by atoms with Crippen molar-refractivity contribution in [1.82, 2.24) is 0 Å². The molecule has 2 nitrogen and oxygen atoms in total. The number of benzene rings is 10. The van der Waals surface area contributed by atoms with Gasteiger partial charge < -0.3 is 10.0 Å². The van der Waals surface area contributed by atoms with Crippen molar-refractivity contribution in [3.8, 4) is 55.6 Å². The largest absolute Gasteiger partial charge is 0.488 e. The smallest absolute Gasteiger partial charge is 0.423 e. The van der Waals surface area contributed by atoms with E-state index in [-0.39, 0.29) is 10.8 Å². The minimum atomic E-state index is -1.34. The lowest BCUT2D eigenvalue weighted by Gasteiger charge is -2.30. The first-order chi connectivity index (χ1) is 33.3. The van der Waals surface area contributed by atoms with Crippen molar-refractivity contribution in [2.24, 2.45) is 0 Å².